The van der Waals surface area contributed by atoms with E-state index < -0.39 is 29.7 Å². The highest BCUT2D eigenvalue weighted by Gasteiger charge is 2.32. The van der Waals surface area contributed by atoms with E-state index in [4.69, 9.17) is 9.84 Å². The molecular formula is C12H12F2N2O4. The van der Waals surface area contributed by atoms with Crippen molar-refractivity contribution in [3.63, 3.8) is 0 Å². The van der Waals surface area contributed by atoms with E-state index in [1.807, 2.05) is 0 Å². The highest BCUT2D eigenvalue weighted by Crippen LogP contribution is 2.15. The number of carboxylic acids is 1. The molecule has 2 amide bonds. The minimum atomic E-state index is -1.19. The summed E-state index contributed by atoms with van der Waals surface area (Å²) in [6.45, 7) is 0.210. The van der Waals surface area contributed by atoms with Crippen LogP contribution in [0.15, 0.2) is 18.2 Å². The lowest BCUT2D eigenvalue weighted by Gasteiger charge is -2.32. The van der Waals surface area contributed by atoms with Crippen molar-refractivity contribution >= 4 is 17.7 Å². The number of benzene rings is 1. The Morgan fingerprint density at radius 2 is 2.10 bits per heavy atom. The lowest BCUT2D eigenvalue weighted by atomic mass is 10.2. The fraction of sp³-hybridized carbons (Fsp3) is 0.333. The summed E-state index contributed by atoms with van der Waals surface area (Å²) in [6.07, 6.45) is 0. The average Bonchev–Trinajstić information content (AvgIpc) is 2.43. The van der Waals surface area contributed by atoms with Crippen LogP contribution in [0.25, 0.3) is 0 Å². The Kier molecular flexibility index (Phi) is 4.14. The number of anilines is 1. The molecule has 0 aliphatic carbocycles. The molecule has 2 N–H and O–H groups in total. The van der Waals surface area contributed by atoms with Gasteiger partial charge in [0, 0.05) is 18.3 Å². The van der Waals surface area contributed by atoms with Crippen LogP contribution in [-0.2, 0) is 9.53 Å². The van der Waals surface area contributed by atoms with Gasteiger partial charge in [-0.15, -0.1) is 0 Å². The first-order valence-corrected chi connectivity index (χ1v) is 5.82. The summed E-state index contributed by atoms with van der Waals surface area (Å²) < 4.78 is 30.8. The van der Waals surface area contributed by atoms with Crippen LogP contribution < -0.4 is 5.32 Å². The molecule has 6 nitrogen and oxygen atoms in total. The minimum Gasteiger partial charge on any atom is -0.480 e. The summed E-state index contributed by atoms with van der Waals surface area (Å²) in [4.78, 5) is 24.0. The molecule has 1 aliphatic rings. The smallest absolute Gasteiger partial charge is 0.328 e. The number of carbonyl (C=O) groups is 2. The summed E-state index contributed by atoms with van der Waals surface area (Å²) >= 11 is 0. The topological polar surface area (TPSA) is 78.9 Å². The largest absolute Gasteiger partial charge is 0.480 e. The van der Waals surface area contributed by atoms with Crippen LogP contribution in [-0.4, -0.2) is 47.8 Å². The number of urea groups is 1. The number of rotatable bonds is 2. The highest BCUT2D eigenvalue weighted by atomic mass is 19.2. The molecule has 1 aliphatic heterocycles. The highest BCUT2D eigenvalue weighted by molar-refractivity contribution is 5.92. The Labute approximate surface area is 112 Å². The first-order chi connectivity index (χ1) is 9.49. The summed E-state index contributed by atoms with van der Waals surface area (Å²) in [5.41, 5.74) is 0.0459. The normalized spacial score (nSPS) is 18.7. The van der Waals surface area contributed by atoms with Crippen LogP contribution in [0.1, 0.15) is 0 Å². The molecule has 1 aromatic rings. The van der Waals surface area contributed by atoms with Gasteiger partial charge in [-0.25, -0.2) is 18.4 Å². The molecular weight excluding hydrogens is 274 g/mol. The van der Waals surface area contributed by atoms with Crippen molar-refractivity contribution in [3.05, 3.63) is 29.8 Å². The maximum atomic E-state index is 13.0. The zero-order chi connectivity index (χ0) is 14.7. The zero-order valence-electron chi connectivity index (χ0n) is 10.3. The summed E-state index contributed by atoms with van der Waals surface area (Å²) in [7, 11) is 0. The van der Waals surface area contributed by atoms with Crippen molar-refractivity contribution in [2.75, 3.05) is 25.1 Å². The van der Waals surface area contributed by atoms with E-state index in [9.17, 15) is 18.4 Å². The van der Waals surface area contributed by atoms with E-state index in [1.54, 1.807) is 0 Å². The lowest BCUT2D eigenvalue weighted by molar-refractivity contribution is -0.147. The summed E-state index contributed by atoms with van der Waals surface area (Å²) in [5.74, 6) is -3.32. The molecule has 0 aromatic heterocycles. The van der Waals surface area contributed by atoms with Gasteiger partial charge in [0.25, 0.3) is 0 Å². The Morgan fingerprint density at radius 1 is 1.35 bits per heavy atom. The van der Waals surface area contributed by atoms with E-state index in [2.05, 4.69) is 5.32 Å². The standard InChI is InChI=1S/C12H12F2N2O4/c13-8-2-1-7(5-9(8)14)15-12(19)16-3-4-20-6-10(16)11(17)18/h1-2,5,10H,3-4,6H2,(H,15,19)(H,17,18). The van der Waals surface area contributed by atoms with Crippen molar-refractivity contribution in [2.24, 2.45) is 0 Å². The van der Waals surface area contributed by atoms with Crippen LogP contribution in [0.5, 0.6) is 0 Å². The second-order valence-electron chi connectivity index (χ2n) is 4.18. The van der Waals surface area contributed by atoms with E-state index in [0.29, 0.717) is 0 Å². The van der Waals surface area contributed by atoms with Gasteiger partial charge in [-0.2, -0.15) is 0 Å². The van der Waals surface area contributed by atoms with Gasteiger partial charge in [-0.3, -0.25) is 0 Å². The molecule has 0 bridgehead atoms. The third kappa shape index (κ3) is 3.02. The molecule has 2 rings (SSSR count). The molecule has 0 radical (unpaired) electrons. The number of carboxylic acid groups (broad SMARTS) is 1. The number of aliphatic carboxylic acids is 1. The maximum Gasteiger partial charge on any atom is 0.328 e. The number of ether oxygens (including phenoxy) is 1. The second kappa shape index (κ2) is 5.83. The zero-order valence-corrected chi connectivity index (χ0v) is 10.3. The molecule has 1 aromatic carbocycles. The van der Waals surface area contributed by atoms with Crippen molar-refractivity contribution in [2.45, 2.75) is 6.04 Å². The summed E-state index contributed by atoms with van der Waals surface area (Å²) in [6, 6.07) is 1.08. The third-order valence-corrected chi connectivity index (χ3v) is 2.85. The Morgan fingerprint density at radius 3 is 2.75 bits per heavy atom. The van der Waals surface area contributed by atoms with Crippen molar-refractivity contribution < 1.29 is 28.2 Å². The fourth-order valence-electron chi connectivity index (χ4n) is 1.82. The van der Waals surface area contributed by atoms with Crippen molar-refractivity contribution in [1.82, 2.24) is 4.90 Å². The van der Waals surface area contributed by atoms with Crippen LogP contribution in [0.3, 0.4) is 0 Å². The predicted octanol–water partition coefficient (Wildman–Crippen LogP) is 1.28. The van der Waals surface area contributed by atoms with E-state index in [1.165, 1.54) is 6.07 Å². The van der Waals surface area contributed by atoms with Gasteiger partial charge < -0.3 is 20.1 Å². The molecule has 0 saturated carbocycles. The third-order valence-electron chi connectivity index (χ3n) is 2.85. The molecule has 0 spiro atoms. The van der Waals surface area contributed by atoms with Crippen LogP contribution in [0, 0.1) is 11.6 Å². The van der Waals surface area contributed by atoms with Gasteiger partial charge in [0.1, 0.15) is 0 Å². The average molecular weight is 286 g/mol. The fourth-order valence-corrected chi connectivity index (χ4v) is 1.82. The minimum absolute atomic E-state index is 0.0459. The first kappa shape index (κ1) is 14.2. The second-order valence-corrected chi connectivity index (χ2v) is 4.18. The molecule has 20 heavy (non-hydrogen) atoms. The Bertz CT molecular complexity index is 538. The van der Waals surface area contributed by atoms with Crippen LogP contribution in [0.2, 0.25) is 0 Å². The van der Waals surface area contributed by atoms with Gasteiger partial charge in [-0.1, -0.05) is 0 Å². The van der Waals surface area contributed by atoms with Gasteiger partial charge >= 0.3 is 12.0 Å². The molecule has 108 valence electrons. The number of amides is 2. The van der Waals surface area contributed by atoms with Crippen LogP contribution >= 0.6 is 0 Å². The quantitative estimate of drug-likeness (QED) is 0.858. The van der Waals surface area contributed by atoms with Gasteiger partial charge in [-0.05, 0) is 12.1 Å². The first-order valence-electron chi connectivity index (χ1n) is 5.82. The van der Waals surface area contributed by atoms with Crippen molar-refractivity contribution in [3.8, 4) is 0 Å². The number of morpholine rings is 1. The van der Waals surface area contributed by atoms with E-state index in [-0.39, 0.29) is 25.4 Å². The van der Waals surface area contributed by atoms with E-state index >= 15 is 0 Å². The molecule has 1 heterocycles. The molecule has 1 atom stereocenters. The molecule has 1 unspecified atom stereocenters. The number of halogens is 2. The monoisotopic (exact) mass is 286 g/mol. The summed E-state index contributed by atoms with van der Waals surface area (Å²) in [5, 5.41) is 11.3. The van der Waals surface area contributed by atoms with E-state index in [0.717, 1.165) is 17.0 Å². The van der Waals surface area contributed by atoms with Gasteiger partial charge in [0.05, 0.1) is 13.2 Å². The molecule has 8 heteroatoms. The van der Waals surface area contributed by atoms with Crippen molar-refractivity contribution in [1.29, 1.82) is 0 Å². The van der Waals surface area contributed by atoms with Gasteiger partial charge in [0.2, 0.25) is 0 Å². The number of nitrogens with one attached hydrogen (secondary N) is 1. The number of hydrogen-bond donors (Lipinski definition) is 2. The number of hydrogen-bond acceptors (Lipinski definition) is 3. The predicted molar refractivity (Wildman–Crippen MR) is 64.3 cm³/mol. The Hall–Kier alpha value is -2.22. The molecule has 1 fully saturated rings. The number of carbonyl (C=O) groups excluding carboxylic acids is 1. The Balaban J connectivity index is 2.09. The lowest BCUT2D eigenvalue weighted by Crippen LogP contribution is -2.53. The molecule has 1 saturated heterocycles. The van der Waals surface area contributed by atoms with Crippen LogP contribution in [0.4, 0.5) is 19.3 Å². The number of nitrogens with zero attached hydrogens (tertiary/aromatic N) is 1. The van der Waals surface area contributed by atoms with Gasteiger partial charge in [0.15, 0.2) is 17.7 Å². The maximum absolute atomic E-state index is 13.0. The SMILES string of the molecule is O=C(O)C1COCCN1C(=O)Nc1ccc(F)c(F)c1.